The molecule has 0 radical (unpaired) electrons. The third kappa shape index (κ3) is 8.20. The zero-order valence-corrected chi connectivity index (χ0v) is 25.4. The average molecular weight is 662 g/mol. The van der Waals surface area contributed by atoms with Crippen LogP contribution in [-0.4, -0.2) is 44.8 Å². The Balaban J connectivity index is 1.83. The molecular formula is C32H28ClF4N3O4S. The fraction of sp³-hybridized carbons (Fsp3) is 0.188. The van der Waals surface area contributed by atoms with Gasteiger partial charge in [-0.15, -0.1) is 0 Å². The maximum atomic E-state index is 14.2. The zero-order valence-electron chi connectivity index (χ0n) is 23.8. The lowest BCUT2D eigenvalue weighted by Gasteiger charge is -2.33. The molecule has 45 heavy (non-hydrogen) atoms. The Morgan fingerprint density at radius 1 is 0.867 bits per heavy atom. The first kappa shape index (κ1) is 33.5. The Labute approximate surface area is 263 Å². The van der Waals surface area contributed by atoms with E-state index < -0.39 is 62.7 Å². The fourth-order valence-corrected chi connectivity index (χ4v) is 6.29. The molecule has 0 heterocycles. The number of alkyl halides is 3. The van der Waals surface area contributed by atoms with Crippen molar-refractivity contribution in [2.75, 3.05) is 17.9 Å². The van der Waals surface area contributed by atoms with Gasteiger partial charge < -0.3 is 10.2 Å². The number of rotatable bonds is 11. The number of likely N-dealkylation sites (N-methyl/N-ethyl adjacent to an activating group) is 1. The highest BCUT2D eigenvalue weighted by molar-refractivity contribution is 7.92. The minimum Gasteiger partial charge on any atom is -0.357 e. The number of hydrogen-bond donors (Lipinski definition) is 1. The Hall–Kier alpha value is -4.42. The molecule has 0 aliphatic heterocycles. The topological polar surface area (TPSA) is 86.8 Å². The molecule has 0 saturated heterocycles. The van der Waals surface area contributed by atoms with Crippen LogP contribution in [0, 0.1) is 5.82 Å². The lowest BCUT2D eigenvalue weighted by molar-refractivity contribution is -0.139. The Morgan fingerprint density at radius 2 is 1.47 bits per heavy atom. The number of nitrogens with zero attached hydrogens (tertiary/aromatic N) is 2. The molecule has 4 aromatic carbocycles. The Bertz CT molecular complexity index is 1740. The van der Waals surface area contributed by atoms with Crippen LogP contribution in [0.3, 0.4) is 0 Å². The number of sulfonamides is 1. The first-order valence-corrected chi connectivity index (χ1v) is 15.4. The number of benzene rings is 4. The van der Waals surface area contributed by atoms with E-state index in [2.05, 4.69) is 5.32 Å². The molecule has 1 atom stereocenters. The summed E-state index contributed by atoms with van der Waals surface area (Å²) in [7, 11) is -3.25. The van der Waals surface area contributed by atoms with E-state index in [1.165, 1.54) is 55.6 Å². The summed E-state index contributed by atoms with van der Waals surface area (Å²) in [5, 5.41) is 1.87. The van der Waals surface area contributed by atoms with Crippen molar-refractivity contribution in [2.45, 2.75) is 30.1 Å². The summed E-state index contributed by atoms with van der Waals surface area (Å²) >= 11 is 5.81. The van der Waals surface area contributed by atoms with Crippen LogP contribution in [0.15, 0.2) is 108 Å². The largest absolute Gasteiger partial charge is 0.417 e. The molecular weight excluding hydrogens is 634 g/mol. The van der Waals surface area contributed by atoms with Crippen molar-refractivity contribution in [1.29, 1.82) is 0 Å². The van der Waals surface area contributed by atoms with Gasteiger partial charge in [-0.3, -0.25) is 13.9 Å². The molecule has 4 rings (SSSR count). The van der Waals surface area contributed by atoms with Crippen LogP contribution in [0.25, 0.3) is 0 Å². The second-order valence-electron chi connectivity index (χ2n) is 9.95. The third-order valence-corrected chi connectivity index (χ3v) is 9.05. The van der Waals surface area contributed by atoms with Gasteiger partial charge in [-0.2, -0.15) is 13.2 Å². The fourth-order valence-electron chi connectivity index (χ4n) is 4.64. The van der Waals surface area contributed by atoms with Crippen LogP contribution in [-0.2, 0) is 38.8 Å². The second-order valence-corrected chi connectivity index (χ2v) is 12.2. The van der Waals surface area contributed by atoms with Gasteiger partial charge in [-0.1, -0.05) is 72.3 Å². The highest BCUT2D eigenvalue weighted by Gasteiger charge is 2.37. The van der Waals surface area contributed by atoms with Crippen LogP contribution < -0.4 is 9.62 Å². The monoisotopic (exact) mass is 661 g/mol. The van der Waals surface area contributed by atoms with E-state index in [9.17, 15) is 35.6 Å². The van der Waals surface area contributed by atoms with Crippen LogP contribution in [0.5, 0.6) is 0 Å². The van der Waals surface area contributed by atoms with Gasteiger partial charge in [0.25, 0.3) is 10.0 Å². The molecule has 0 spiro atoms. The van der Waals surface area contributed by atoms with Crippen molar-refractivity contribution in [3.8, 4) is 0 Å². The van der Waals surface area contributed by atoms with Crippen molar-refractivity contribution in [1.82, 2.24) is 10.2 Å². The summed E-state index contributed by atoms with van der Waals surface area (Å²) in [6, 6.07) is 22.2. The number of carbonyl (C=O) groups is 2. The minimum atomic E-state index is -4.92. The summed E-state index contributed by atoms with van der Waals surface area (Å²) < 4.78 is 83.5. The standard InChI is InChI=1S/C32H28ClF4N3O4S/c1-38-31(42)29(18-22-8-4-2-5-9-22)39(20-23-12-14-24(34)15-13-23)30(41)21-40(45(43,44)26-10-6-3-7-11-26)25-16-17-28(33)27(19-25)32(35,36)37/h2-17,19,29H,18,20-21H2,1H3,(H,38,42)/t29-/m0/s1. The van der Waals surface area contributed by atoms with E-state index in [1.54, 1.807) is 36.4 Å². The van der Waals surface area contributed by atoms with Gasteiger partial charge in [0, 0.05) is 20.0 Å². The predicted octanol–water partition coefficient (Wildman–Crippen LogP) is 6.08. The van der Waals surface area contributed by atoms with Crippen molar-refractivity contribution in [3.05, 3.63) is 131 Å². The highest BCUT2D eigenvalue weighted by atomic mass is 35.5. The van der Waals surface area contributed by atoms with Gasteiger partial charge in [0.05, 0.1) is 21.2 Å². The van der Waals surface area contributed by atoms with Crippen molar-refractivity contribution in [3.63, 3.8) is 0 Å². The SMILES string of the molecule is CNC(=O)[C@H](Cc1ccccc1)N(Cc1ccc(F)cc1)C(=O)CN(c1ccc(Cl)c(C(F)(F)F)c1)S(=O)(=O)c1ccccc1. The van der Waals surface area contributed by atoms with Crippen LogP contribution >= 0.6 is 11.6 Å². The average Bonchev–Trinajstić information content (AvgIpc) is 3.02. The van der Waals surface area contributed by atoms with E-state index in [0.717, 1.165) is 17.0 Å². The van der Waals surface area contributed by atoms with Crippen LogP contribution in [0.4, 0.5) is 23.2 Å². The zero-order chi connectivity index (χ0) is 32.8. The van der Waals surface area contributed by atoms with Crippen molar-refractivity contribution in [2.24, 2.45) is 0 Å². The summed E-state index contributed by atoms with van der Waals surface area (Å²) in [5.74, 6) is -2.00. The maximum Gasteiger partial charge on any atom is 0.417 e. The van der Waals surface area contributed by atoms with Gasteiger partial charge in [0.2, 0.25) is 11.8 Å². The molecule has 236 valence electrons. The number of nitrogens with one attached hydrogen (secondary N) is 1. The lowest BCUT2D eigenvalue weighted by Crippen LogP contribution is -2.53. The second kappa shape index (κ2) is 14.1. The highest BCUT2D eigenvalue weighted by Crippen LogP contribution is 2.38. The molecule has 7 nitrogen and oxygen atoms in total. The van der Waals surface area contributed by atoms with Gasteiger partial charge in [-0.05, 0) is 53.6 Å². The molecule has 13 heteroatoms. The quantitative estimate of drug-likeness (QED) is 0.198. The van der Waals surface area contributed by atoms with Crippen LogP contribution in [0.2, 0.25) is 5.02 Å². The number of hydrogen-bond acceptors (Lipinski definition) is 4. The number of anilines is 1. The normalized spacial score (nSPS) is 12.3. The van der Waals surface area contributed by atoms with Gasteiger partial charge in [-0.25, -0.2) is 12.8 Å². The minimum absolute atomic E-state index is 0.0258. The maximum absolute atomic E-state index is 14.2. The van der Waals surface area contributed by atoms with Crippen molar-refractivity contribution < 1.29 is 35.6 Å². The van der Waals surface area contributed by atoms with Crippen LogP contribution in [0.1, 0.15) is 16.7 Å². The Kier molecular flexibility index (Phi) is 10.5. The number of carbonyl (C=O) groups excluding carboxylic acids is 2. The van der Waals surface area contributed by atoms with E-state index >= 15 is 0 Å². The lowest BCUT2D eigenvalue weighted by atomic mass is 10.0. The summed E-state index contributed by atoms with van der Waals surface area (Å²) in [4.78, 5) is 28.3. The molecule has 4 aromatic rings. The summed E-state index contributed by atoms with van der Waals surface area (Å²) in [6.07, 6.45) is -4.90. The van der Waals surface area contributed by atoms with Gasteiger partial charge in [0.1, 0.15) is 18.4 Å². The van der Waals surface area contributed by atoms with E-state index in [4.69, 9.17) is 11.6 Å². The van der Waals surface area contributed by atoms with Gasteiger partial charge in [0.15, 0.2) is 0 Å². The number of amides is 2. The van der Waals surface area contributed by atoms with E-state index in [1.807, 2.05) is 0 Å². The van der Waals surface area contributed by atoms with E-state index in [0.29, 0.717) is 21.5 Å². The first-order valence-electron chi connectivity index (χ1n) is 13.5. The first-order chi connectivity index (χ1) is 21.3. The Morgan fingerprint density at radius 3 is 2.04 bits per heavy atom. The molecule has 0 aliphatic carbocycles. The smallest absolute Gasteiger partial charge is 0.357 e. The third-order valence-electron chi connectivity index (χ3n) is 6.94. The molecule has 0 unspecified atom stereocenters. The molecule has 0 bridgehead atoms. The summed E-state index contributed by atoms with van der Waals surface area (Å²) in [6.45, 7) is -1.21. The molecule has 2 amide bonds. The van der Waals surface area contributed by atoms with Gasteiger partial charge >= 0.3 is 6.18 Å². The molecule has 0 saturated carbocycles. The predicted molar refractivity (Wildman–Crippen MR) is 162 cm³/mol. The summed E-state index contributed by atoms with van der Waals surface area (Å²) in [5.41, 5.74) is -0.651. The molecule has 0 aliphatic rings. The molecule has 0 fully saturated rings. The number of halogens is 5. The van der Waals surface area contributed by atoms with E-state index in [-0.39, 0.29) is 17.9 Å². The van der Waals surface area contributed by atoms with Crippen molar-refractivity contribution >= 4 is 39.1 Å². The molecule has 1 N–H and O–H groups in total. The molecule has 0 aromatic heterocycles.